The van der Waals surface area contributed by atoms with E-state index >= 15 is 0 Å². The lowest BCUT2D eigenvalue weighted by molar-refractivity contribution is -0.135. The molecule has 0 saturated carbocycles. The van der Waals surface area contributed by atoms with Gasteiger partial charge in [-0.15, -0.1) is 0 Å². The third kappa shape index (κ3) is 4.87. The molecule has 2 amide bonds. The highest BCUT2D eigenvalue weighted by molar-refractivity contribution is 6.35. The molecular formula is C18H24Cl2N2O2. The zero-order valence-electron chi connectivity index (χ0n) is 14.1. The molecule has 6 heteroatoms. The number of halogens is 2. The number of carbonyl (C=O) groups is 2. The van der Waals surface area contributed by atoms with Crippen LogP contribution in [0.2, 0.25) is 10.0 Å². The van der Waals surface area contributed by atoms with Gasteiger partial charge in [0.25, 0.3) is 0 Å². The van der Waals surface area contributed by atoms with E-state index in [2.05, 4.69) is 5.32 Å². The number of carbonyl (C=O) groups excluding carboxylic acids is 2. The van der Waals surface area contributed by atoms with Gasteiger partial charge in [0.2, 0.25) is 11.8 Å². The minimum Gasteiger partial charge on any atom is -0.349 e. The number of nitrogens with one attached hydrogen (secondary N) is 1. The first-order valence-corrected chi connectivity index (χ1v) is 9.21. The van der Waals surface area contributed by atoms with Crippen LogP contribution in [0.15, 0.2) is 18.2 Å². The van der Waals surface area contributed by atoms with Crippen LogP contribution in [0.5, 0.6) is 0 Å². The molecule has 1 fully saturated rings. The quantitative estimate of drug-likeness (QED) is 0.843. The molecule has 0 aliphatic carbocycles. The average molecular weight is 371 g/mol. The van der Waals surface area contributed by atoms with Crippen molar-refractivity contribution in [3.63, 3.8) is 0 Å². The van der Waals surface area contributed by atoms with Gasteiger partial charge in [-0.1, -0.05) is 36.2 Å². The lowest BCUT2D eigenvalue weighted by Crippen LogP contribution is -2.43. The molecule has 1 saturated heterocycles. The number of amides is 2. The fourth-order valence-electron chi connectivity index (χ4n) is 3.02. The molecule has 0 radical (unpaired) electrons. The summed E-state index contributed by atoms with van der Waals surface area (Å²) in [5, 5.41) is 4.15. The van der Waals surface area contributed by atoms with Gasteiger partial charge >= 0.3 is 0 Å². The Kier molecular flexibility index (Phi) is 6.93. The van der Waals surface area contributed by atoms with E-state index < -0.39 is 0 Å². The lowest BCUT2D eigenvalue weighted by Gasteiger charge is -2.32. The van der Waals surface area contributed by atoms with Crippen molar-refractivity contribution < 1.29 is 9.59 Å². The minimum atomic E-state index is -0.179. The molecule has 1 N–H and O–H groups in total. The zero-order chi connectivity index (χ0) is 17.7. The first kappa shape index (κ1) is 19.1. The summed E-state index contributed by atoms with van der Waals surface area (Å²) in [4.78, 5) is 26.2. The van der Waals surface area contributed by atoms with Crippen molar-refractivity contribution in [2.45, 2.75) is 45.6 Å². The van der Waals surface area contributed by atoms with Crippen molar-refractivity contribution in [3.05, 3.63) is 33.8 Å². The predicted molar refractivity (Wildman–Crippen MR) is 97.2 cm³/mol. The van der Waals surface area contributed by atoms with E-state index in [9.17, 15) is 9.59 Å². The smallest absolute Gasteiger partial charge is 0.223 e. The molecule has 0 aromatic heterocycles. The molecule has 1 aromatic carbocycles. The van der Waals surface area contributed by atoms with Gasteiger partial charge in [-0.3, -0.25) is 9.59 Å². The summed E-state index contributed by atoms with van der Waals surface area (Å²) in [6, 6.07) is 5.10. The molecule has 1 unspecified atom stereocenters. The molecule has 1 heterocycles. The number of nitrogens with zero attached hydrogens (tertiary/aromatic N) is 1. The Morgan fingerprint density at radius 3 is 2.54 bits per heavy atom. The van der Waals surface area contributed by atoms with Gasteiger partial charge < -0.3 is 10.2 Å². The monoisotopic (exact) mass is 370 g/mol. The highest BCUT2D eigenvalue weighted by atomic mass is 35.5. The number of likely N-dealkylation sites (tertiary alicyclic amines) is 1. The van der Waals surface area contributed by atoms with E-state index in [1.807, 2.05) is 24.8 Å². The Bertz CT molecular complexity index is 599. The Balaban J connectivity index is 1.88. The molecule has 1 aliphatic heterocycles. The second-order valence-electron chi connectivity index (χ2n) is 6.30. The molecule has 1 aliphatic rings. The first-order chi connectivity index (χ1) is 11.4. The number of benzene rings is 1. The molecule has 1 atom stereocenters. The van der Waals surface area contributed by atoms with Crippen molar-refractivity contribution in [1.29, 1.82) is 0 Å². The molecule has 132 valence electrons. The van der Waals surface area contributed by atoms with Crippen LogP contribution in [0.25, 0.3) is 0 Å². The van der Waals surface area contributed by atoms with E-state index in [0.29, 0.717) is 42.4 Å². The van der Waals surface area contributed by atoms with Gasteiger partial charge in [0.15, 0.2) is 0 Å². The first-order valence-electron chi connectivity index (χ1n) is 8.45. The maximum absolute atomic E-state index is 12.5. The molecule has 4 nitrogen and oxygen atoms in total. The van der Waals surface area contributed by atoms with Crippen molar-refractivity contribution in [1.82, 2.24) is 10.2 Å². The normalized spacial score (nSPS) is 16.8. The van der Waals surface area contributed by atoms with E-state index in [0.717, 1.165) is 12.0 Å². The van der Waals surface area contributed by atoms with Gasteiger partial charge in [-0.05, 0) is 43.9 Å². The summed E-state index contributed by atoms with van der Waals surface area (Å²) in [6.07, 6.45) is 2.87. The van der Waals surface area contributed by atoms with Gasteiger partial charge in [0.1, 0.15) is 0 Å². The fourth-order valence-corrected chi connectivity index (χ4v) is 3.60. The standard InChI is InChI=1S/C18H24Cl2N2O2/c1-3-4-17(23)22-9-7-13(8-10-22)18(24)21-12(2)15-6-5-14(19)11-16(15)20/h5-6,11-13H,3-4,7-10H2,1-2H3,(H,21,24). The van der Waals surface area contributed by atoms with E-state index in [1.165, 1.54) is 0 Å². The van der Waals surface area contributed by atoms with Crippen LogP contribution in [0.1, 0.15) is 51.1 Å². The summed E-state index contributed by atoms with van der Waals surface area (Å²) in [5.41, 5.74) is 0.852. The second kappa shape index (κ2) is 8.72. The zero-order valence-corrected chi connectivity index (χ0v) is 15.7. The van der Waals surface area contributed by atoms with Crippen LogP contribution in [0.4, 0.5) is 0 Å². The average Bonchev–Trinajstić information content (AvgIpc) is 2.55. The molecule has 1 aromatic rings. The van der Waals surface area contributed by atoms with E-state index in [-0.39, 0.29) is 23.8 Å². The highest BCUT2D eigenvalue weighted by Gasteiger charge is 2.28. The number of rotatable bonds is 5. The van der Waals surface area contributed by atoms with Crippen LogP contribution >= 0.6 is 23.2 Å². The van der Waals surface area contributed by atoms with Crippen LogP contribution in [0.3, 0.4) is 0 Å². The number of hydrogen-bond acceptors (Lipinski definition) is 2. The Morgan fingerprint density at radius 2 is 1.96 bits per heavy atom. The van der Waals surface area contributed by atoms with Crippen molar-refractivity contribution in [2.75, 3.05) is 13.1 Å². The third-order valence-corrected chi connectivity index (χ3v) is 5.03. The molecule has 24 heavy (non-hydrogen) atoms. The third-order valence-electron chi connectivity index (χ3n) is 4.47. The predicted octanol–water partition coefficient (Wildman–Crippen LogP) is 4.21. The molecule has 2 rings (SSSR count). The van der Waals surface area contributed by atoms with Crippen LogP contribution in [-0.2, 0) is 9.59 Å². The van der Waals surface area contributed by atoms with Crippen LogP contribution in [-0.4, -0.2) is 29.8 Å². The molecule has 0 bridgehead atoms. The Morgan fingerprint density at radius 1 is 1.29 bits per heavy atom. The summed E-state index contributed by atoms with van der Waals surface area (Å²) in [6.45, 7) is 5.23. The van der Waals surface area contributed by atoms with Gasteiger partial charge in [0.05, 0.1) is 6.04 Å². The maximum atomic E-state index is 12.5. The summed E-state index contributed by atoms with van der Waals surface area (Å²) >= 11 is 12.1. The number of piperidine rings is 1. The Hall–Kier alpha value is -1.26. The van der Waals surface area contributed by atoms with Gasteiger partial charge in [-0.25, -0.2) is 0 Å². The molecule has 0 spiro atoms. The van der Waals surface area contributed by atoms with Crippen molar-refractivity contribution >= 4 is 35.0 Å². The lowest BCUT2D eigenvalue weighted by atomic mass is 9.95. The second-order valence-corrected chi connectivity index (χ2v) is 7.14. The van der Waals surface area contributed by atoms with E-state index in [1.54, 1.807) is 12.1 Å². The SMILES string of the molecule is CCCC(=O)N1CCC(C(=O)NC(C)c2ccc(Cl)cc2Cl)CC1. The topological polar surface area (TPSA) is 49.4 Å². The number of hydrogen-bond donors (Lipinski definition) is 1. The summed E-state index contributed by atoms with van der Waals surface area (Å²) in [5.74, 6) is 0.165. The summed E-state index contributed by atoms with van der Waals surface area (Å²) < 4.78 is 0. The minimum absolute atomic E-state index is 0.0242. The van der Waals surface area contributed by atoms with Crippen molar-refractivity contribution in [3.8, 4) is 0 Å². The van der Waals surface area contributed by atoms with Crippen LogP contribution in [0, 0.1) is 5.92 Å². The molecular weight excluding hydrogens is 347 g/mol. The fraction of sp³-hybridized carbons (Fsp3) is 0.556. The van der Waals surface area contributed by atoms with E-state index in [4.69, 9.17) is 23.2 Å². The summed E-state index contributed by atoms with van der Waals surface area (Å²) in [7, 11) is 0. The van der Waals surface area contributed by atoms with Crippen LogP contribution < -0.4 is 5.32 Å². The largest absolute Gasteiger partial charge is 0.349 e. The Labute approximate surface area is 153 Å². The van der Waals surface area contributed by atoms with Gasteiger partial charge in [-0.2, -0.15) is 0 Å². The highest BCUT2D eigenvalue weighted by Crippen LogP contribution is 2.27. The van der Waals surface area contributed by atoms with Crippen molar-refractivity contribution in [2.24, 2.45) is 5.92 Å². The maximum Gasteiger partial charge on any atom is 0.223 e. The van der Waals surface area contributed by atoms with Gasteiger partial charge in [0, 0.05) is 35.5 Å².